The van der Waals surface area contributed by atoms with Gasteiger partial charge in [-0.2, -0.15) is 0 Å². The van der Waals surface area contributed by atoms with Gasteiger partial charge in [0.25, 0.3) is 6.43 Å². The van der Waals surface area contributed by atoms with Crippen LogP contribution < -0.4 is 0 Å². The summed E-state index contributed by atoms with van der Waals surface area (Å²) in [7, 11) is 1.12. The molecule has 0 saturated heterocycles. The molecular weight excluding hydrogens is 224 g/mol. The zero-order valence-electron chi connectivity index (χ0n) is 8.28. The summed E-state index contributed by atoms with van der Waals surface area (Å²) in [4.78, 5) is 14.4. The molecule has 16 heavy (non-hydrogen) atoms. The second-order valence-corrected chi connectivity index (χ2v) is 2.91. The van der Waals surface area contributed by atoms with Crippen LogP contribution in [0.3, 0.4) is 0 Å². The highest BCUT2D eigenvalue weighted by molar-refractivity contribution is 5.73. The third kappa shape index (κ3) is 2.36. The number of methoxy groups -OCH3 is 1. The third-order valence-corrected chi connectivity index (χ3v) is 1.90. The van der Waals surface area contributed by atoms with E-state index in [2.05, 4.69) is 9.72 Å². The van der Waals surface area contributed by atoms with Gasteiger partial charge in [-0.3, -0.25) is 9.78 Å². The lowest BCUT2D eigenvalue weighted by Gasteiger charge is -2.09. The van der Waals surface area contributed by atoms with Crippen molar-refractivity contribution >= 4 is 5.97 Å². The highest BCUT2D eigenvalue weighted by atomic mass is 19.3. The molecule has 0 unspecified atom stereocenters. The summed E-state index contributed by atoms with van der Waals surface area (Å²) in [6.45, 7) is 0. The van der Waals surface area contributed by atoms with Gasteiger partial charge < -0.3 is 14.9 Å². The molecule has 0 aliphatic carbocycles. The van der Waals surface area contributed by atoms with Gasteiger partial charge in [0.15, 0.2) is 0 Å². The second-order valence-electron chi connectivity index (χ2n) is 2.91. The van der Waals surface area contributed by atoms with Gasteiger partial charge in [0.1, 0.15) is 17.1 Å². The van der Waals surface area contributed by atoms with Crippen molar-refractivity contribution in [3.8, 4) is 11.5 Å². The summed E-state index contributed by atoms with van der Waals surface area (Å²) in [5, 5.41) is 18.4. The van der Waals surface area contributed by atoms with Crippen molar-refractivity contribution in [3.05, 3.63) is 17.5 Å². The molecule has 88 valence electrons. The standard InChI is InChI=1S/C9H9F2NO4/c1-16-6(14)2-4-8(15)7(9(10)11)5(13)3-12-4/h3,9,13,15H,2H2,1H3. The third-order valence-electron chi connectivity index (χ3n) is 1.90. The van der Waals surface area contributed by atoms with Crippen LogP contribution in [0.5, 0.6) is 11.5 Å². The predicted molar refractivity (Wildman–Crippen MR) is 48.2 cm³/mol. The van der Waals surface area contributed by atoms with Gasteiger partial charge in [-0.25, -0.2) is 8.78 Å². The first-order valence-corrected chi connectivity index (χ1v) is 4.22. The Morgan fingerprint density at radius 2 is 2.19 bits per heavy atom. The summed E-state index contributed by atoms with van der Waals surface area (Å²) in [5.74, 6) is -2.43. The van der Waals surface area contributed by atoms with Crippen LogP contribution in [0.4, 0.5) is 8.78 Å². The average molecular weight is 233 g/mol. The predicted octanol–water partition coefficient (Wildman–Crippen LogP) is 1.15. The van der Waals surface area contributed by atoms with Crippen molar-refractivity contribution in [2.24, 2.45) is 0 Å². The number of ether oxygens (including phenoxy) is 1. The summed E-state index contributed by atoms with van der Waals surface area (Å²) in [6, 6.07) is 0. The Kier molecular flexibility index (Phi) is 3.60. The summed E-state index contributed by atoms with van der Waals surface area (Å²) in [6.07, 6.45) is -2.75. The van der Waals surface area contributed by atoms with E-state index in [4.69, 9.17) is 5.11 Å². The number of aromatic nitrogens is 1. The summed E-state index contributed by atoms with van der Waals surface area (Å²) < 4.78 is 29.1. The number of aromatic hydroxyl groups is 2. The van der Waals surface area contributed by atoms with Gasteiger partial charge in [0.2, 0.25) is 0 Å². The van der Waals surface area contributed by atoms with Gasteiger partial charge in [-0.1, -0.05) is 0 Å². The first kappa shape index (κ1) is 12.2. The van der Waals surface area contributed by atoms with Crippen molar-refractivity contribution in [2.45, 2.75) is 12.8 Å². The number of rotatable bonds is 3. The van der Waals surface area contributed by atoms with E-state index in [-0.39, 0.29) is 5.69 Å². The minimum atomic E-state index is -3.06. The zero-order chi connectivity index (χ0) is 12.3. The second kappa shape index (κ2) is 4.73. The van der Waals surface area contributed by atoms with Crippen LogP contribution in [-0.4, -0.2) is 28.3 Å². The highest BCUT2D eigenvalue weighted by Gasteiger charge is 2.22. The molecule has 0 aliphatic rings. The van der Waals surface area contributed by atoms with E-state index in [1.165, 1.54) is 0 Å². The fraction of sp³-hybridized carbons (Fsp3) is 0.333. The Labute approximate surface area is 89.3 Å². The fourth-order valence-corrected chi connectivity index (χ4v) is 1.10. The Morgan fingerprint density at radius 3 is 2.69 bits per heavy atom. The number of carbonyl (C=O) groups is 1. The van der Waals surface area contributed by atoms with Crippen molar-refractivity contribution < 1.29 is 28.5 Å². The molecule has 0 aliphatic heterocycles. The SMILES string of the molecule is COC(=O)Cc1ncc(O)c(C(F)F)c1O. The molecule has 0 bridgehead atoms. The molecule has 1 aromatic heterocycles. The molecule has 0 radical (unpaired) electrons. The highest BCUT2D eigenvalue weighted by Crippen LogP contribution is 2.36. The van der Waals surface area contributed by atoms with Crippen molar-refractivity contribution in [2.75, 3.05) is 7.11 Å². The van der Waals surface area contributed by atoms with E-state index in [9.17, 15) is 18.7 Å². The molecule has 0 amide bonds. The topological polar surface area (TPSA) is 79.7 Å². The molecule has 1 rings (SSSR count). The molecule has 5 nitrogen and oxygen atoms in total. The molecule has 0 spiro atoms. The summed E-state index contributed by atoms with van der Waals surface area (Å²) in [5.41, 5.74) is -1.20. The number of pyridine rings is 1. The molecule has 0 aromatic carbocycles. The van der Waals surface area contributed by atoms with Crippen LogP contribution in [-0.2, 0) is 16.0 Å². The maximum Gasteiger partial charge on any atom is 0.311 e. The quantitative estimate of drug-likeness (QED) is 0.765. The van der Waals surface area contributed by atoms with E-state index in [1.54, 1.807) is 0 Å². The first-order valence-electron chi connectivity index (χ1n) is 4.22. The van der Waals surface area contributed by atoms with E-state index in [1.807, 2.05) is 0 Å². The van der Waals surface area contributed by atoms with Crippen LogP contribution in [0, 0.1) is 0 Å². The van der Waals surface area contributed by atoms with E-state index in [0.29, 0.717) is 0 Å². The van der Waals surface area contributed by atoms with Crippen LogP contribution in [0.1, 0.15) is 17.7 Å². The number of esters is 1. The van der Waals surface area contributed by atoms with Gasteiger partial charge in [0.05, 0.1) is 25.4 Å². The lowest BCUT2D eigenvalue weighted by atomic mass is 10.1. The zero-order valence-corrected chi connectivity index (χ0v) is 8.28. The van der Waals surface area contributed by atoms with Gasteiger partial charge in [-0.05, 0) is 0 Å². The van der Waals surface area contributed by atoms with Gasteiger partial charge in [0, 0.05) is 0 Å². The van der Waals surface area contributed by atoms with Crippen molar-refractivity contribution in [1.82, 2.24) is 4.98 Å². The smallest absolute Gasteiger partial charge is 0.311 e. The van der Waals surface area contributed by atoms with E-state index in [0.717, 1.165) is 13.3 Å². The Bertz CT molecular complexity index is 409. The number of hydrogen-bond donors (Lipinski definition) is 2. The van der Waals surface area contributed by atoms with Gasteiger partial charge >= 0.3 is 5.97 Å². The minimum absolute atomic E-state index is 0.264. The number of carbonyl (C=O) groups excluding carboxylic acids is 1. The first-order chi connectivity index (χ1) is 7.47. The molecule has 1 aromatic rings. The van der Waals surface area contributed by atoms with Crippen LogP contribution in [0.25, 0.3) is 0 Å². The molecule has 2 N–H and O–H groups in total. The molecule has 0 atom stereocenters. The van der Waals surface area contributed by atoms with Gasteiger partial charge in [-0.15, -0.1) is 0 Å². The Balaban J connectivity index is 3.13. The summed E-state index contributed by atoms with van der Waals surface area (Å²) >= 11 is 0. The van der Waals surface area contributed by atoms with Crippen molar-refractivity contribution in [3.63, 3.8) is 0 Å². The van der Waals surface area contributed by atoms with Crippen LogP contribution >= 0.6 is 0 Å². The molecule has 1 heterocycles. The number of nitrogens with zero attached hydrogens (tertiary/aromatic N) is 1. The van der Waals surface area contributed by atoms with Crippen LogP contribution in [0.2, 0.25) is 0 Å². The van der Waals surface area contributed by atoms with Crippen LogP contribution in [0.15, 0.2) is 6.20 Å². The maximum atomic E-state index is 12.4. The minimum Gasteiger partial charge on any atom is -0.506 e. The number of hydrogen-bond acceptors (Lipinski definition) is 5. The van der Waals surface area contributed by atoms with E-state index < -0.39 is 35.9 Å². The van der Waals surface area contributed by atoms with Crippen molar-refractivity contribution in [1.29, 1.82) is 0 Å². The number of halogens is 2. The Hall–Kier alpha value is -1.92. The number of alkyl halides is 2. The largest absolute Gasteiger partial charge is 0.506 e. The molecule has 0 fully saturated rings. The lowest BCUT2D eigenvalue weighted by molar-refractivity contribution is -0.139. The maximum absolute atomic E-state index is 12.4. The fourth-order valence-electron chi connectivity index (χ4n) is 1.10. The molecule has 7 heteroatoms. The molecular formula is C9H9F2NO4. The lowest BCUT2D eigenvalue weighted by Crippen LogP contribution is -2.07. The normalized spacial score (nSPS) is 10.5. The molecule has 0 saturated carbocycles. The Morgan fingerprint density at radius 1 is 1.56 bits per heavy atom. The monoisotopic (exact) mass is 233 g/mol. The van der Waals surface area contributed by atoms with E-state index >= 15 is 0 Å². The average Bonchev–Trinajstić information content (AvgIpc) is 2.21.